The lowest BCUT2D eigenvalue weighted by Gasteiger charge is -1.98. The molecule has 0 N–H and O–H groups in total. The van der Waals surface area contributed by atoms with Crippen molar-refractivity contribution < 1.29 is 4.74 Å². The molecule has 0 fully saturated rings. The highest BCUT2D eigenvalue weighted by Crippen LogP contribution is 2.06. The summed E-state index contributed by atoms with van der Waals surface area (Å²) >= 11 is 0. The van der Waals surface area contributed by atoms with E-state index >= 15 is 0 Å². The maximum Gasteiger partial charge on any atom is 0.235 e. The van der Waals surface area contributed by atoms with Gasteiger partial charge in [-0.25, -0.2) is 4.98 Å². The van der Waals surface area contributed by atoms with E-state index < -0.39 is 0 Å². The minimum atomic E-state index is 0.595. The number of rotatable bonds is 1. The van der Waals surface area contributed by atoms with Crippen molar-refractivity contribution >= 4 is 0 Å². The molecule has 0 radical (unpaired) electrons. The summed E-state index contributed by atoms with van der Waals surface area (Å²) in [6.45, 7) is 13.7. The number of nitrogens with zero attached hydrogens (tertiary/aromatic N) is 4. The van der Waals surface area contributed by atoms with Crippen LogP contribution in [0.15, 0.2) is 24.8 Å². The van der Waals surface area contributed by atoms with Gasteiger partial charge in [0, 0.05) is 24.8 Å². The lowest BCUT2D eigenvalue weighted by Crippen LogP contribution is -1.91. The monoisotopic (exact) mass is 292 g/mol. The van der Waals surface area contributed by atoms with E-state index in [1.807, 2.05) is 48.5 Å². The third kappa shape index (κ3) is 10.4. The van der Waals surface area contributed by atoms with Crippen molar-refractivity contribution in [1.29, 1.82) is 0 Å². The van der Waals surface area contributed by atoms with E-state index in [2.05, 4.69) is 19.9 Å². The molecule has 118 valence electrons. The zero-order valence-electron chi connectivity index (χ0n) is 14.5. The van der Waals surface area contributed by atoms with E-state index in [1.165, 1.54) is 0 Å². The Morgan fingerprint density at radius 1 is 0.714 bits per heavy atom. The van der Waals surface area contributed by atoms with E-state index in [4.69, 9.17) is 4.74 Å². The van der Waals surface area contributed by atoms with Crippen molar-refractivity contribution in [2.75, 3.05) is 7.11 Å². The van der Waals surface area contributed by atoms with Crippen LogP contribution in [-0.4, -0.2) is 27.0 Å². The standard InChI is InChI=1S/C6H8N2O.C6H8N2.2C2H6/c1-5-6(9-2)8-4-3-7-5;1-5-3-8-6(2)4-7-5;2*1-2/h3-4H,1-2H3;3-4H,1-2H3;2*1-2H3. The maximum absolute atomic E-state index is 4.87. The van der Waals surface area contributed by atoms with Gasteiger partial charge < -0.3 is 4.74 Å². The fraction of sp³-hybridized carbons (Fsp3) is 0.500. The van der Waals surface area contributed by atoms with E-state index in [-0.39, 0.29) is 0 Å². The molecule has 21 heavy (non-hydrogen) atoms. The van der Waals surface area contributed by atoms with Gasteiger partial charge in [-0.05, 0) is 20.8 Å². The van der Waals surface area contributed by atoms with Crippen LogP contribution in [-0.2, 0) is 0 Å². The lowest BCUT2D eigenvalue weighted by atomic mass is 10.5. The highest BCUT2D eigenvalue weighted by molar-refractivity contribution is 5.14. The van der Waals surface area contributed by atoms with Crippen molar-refractivity contribution in [3.63, 3.8) is 0 Å². The SMILES string of the molecule is CC.CC.COc1nccnc1C.Cc1cnc(C)cn1. The minimum Gasteiger partial charge on any atom is -0.480 e. The molecule has 0 aliphatic rings. The fourth-order valence-corrected chi connectivity index (χ4v) is 1.05. The Balaban J connectivity index is 0. The van der Waals surface area contributed by atoms with Crippen molar-refractivity contribution in [1.82, 2.24) is 19.9 Å². The van der Waals surface area contributed by atoms with Crippen LogP contribution in [0, 0.1) is 20.8 Å². The van der Waals surface area contributed by atoms with Crippen LogP contribution in [0.1, 0.15) is 44.8 Å². The summed E-state index contributed by atoms with van der Waals surface area (Å²) in [5, 5.41) is 0. The topological polar surface area (TPSA) is 60.8 Å². The molecule has 0 saturated heterocycles. The van der Waals surface area contributed by atoms with Gasteiger partial charge in [0.2, 0.25) is 5.88 Å². The van der Waals surface area contributed by atoms with Gasteiger partial charge in [-0.3, -0.25) is 15.0 Å². The Hall–Kier alpha value is -2.04. The van der Waals surface area contributed by atoms with Crippen molar-refractivity contribution in [3.8, 4) is 5.88 Å². The zero-order valence-corrected chi connectivity index (χ0v) is 14.5. The normalized spacial score (nSPS) is 8.00. The predicted molar refractivity (Wildman–Crippen MR) is 87.5 cm³/mol. The van der Waals surface area contributed by atoms with E-state index in [0.717, 1.165) is 17.1 Å². The van der Waals surface area contributed by atoms with Crippen LogP contribution in [0.3, 0.4) is 0 Å². The third-order valence-corrected chi connectivity index (χ3v) is 1.94. The first kappa shape index (κ1) is 21.3. The number of aromatic nitrogens is 4. The second kappa shape index (κ2) is 14.4. The van der Waals surface area contributed by atoms with Crippen LogP contribution in [0.4, 0.5) is 0 Å². The molecule has 0 aliphatic heterocycles. The fourth-order valence-electron chi connectivity index (χ4n) is 1.05. The first-order valence-corrected chi connectivity index (χ1v) is 7.20. The zero-order chi connectivity index (χ0) is 16.7. The van der Waals surface area contributed by atoms with Crippen LogP contribution in [0.5, 0.6) is 5.88 Å². The Labute approximate surface area is 128 Å². The largest absolute Gasteiger partial charge is 0.480 e. The molecule has 5 heteroatoms. The van der Waals surface area contributed by atoms with E-state index in [1.54, 1.807) is 31.9 Å². The highest BCUT2D eigenvalue weighted by atomic mass is 16.5. The van der Waals surface area contributed by atoms with Crippen LogP contribution < -0.4 is 4.74 Å². The van der Waals surface area contributed by atoms with Gasteiger partial charge >= 0.3 is 0 Å². The molecule has 0 atom stereocenters. The summed E-state index contributed by atoms with van der Waals surface area (Å²) in [6.07, 6.45) is 6.76. The van der Waals surface area contributed by atoms with Crippen LogP contribution in [0.2, 0.25) is 0 Å². The number of ether oxygens (including phenoxy) is 1. The molecule has 0 amide bonds. The number of aryl methyl sites for hydroxylation is 3. The molecule has 0 aliphatic carbocycles. The smallest absolute Gasteiger partial charge is 0.235 e. The summed E-state index contributed by atoms with van der Waals surface area (Å²) < 4.78 is 4.87. The Morgan fingerprint density at radius 2 is 1.14 bits per heavy atom. The second-order valence-corrected chi connectivity index (χ2v) is 3.45. The molecule has 5 nitrogen and oxygen atoms in total. The maximum atomic E-state index is 4.87. The molecule has 2 heterocycles. The van der Waals surface area contributed by atoms with E-state index in [9.17, 15) is 0 Å². The van der Waals surface area contributed by atoms with Crippen molar-refractivity contribution in [2.24, 2.45) is 0 Å². The molecule has 0 aromatic carbocycles. The first-order valence-electron chi connectivity index (χ1n) is 7.20. The quantitative estimate of drug-likeness (QED) is 0.796. The van der Waals surface area contributed by atoms with Crippen LogP contribution in [0.25, 0.3) is 0 Å². The van der Waals surface area contributed by atoms with Crippen molar-refractivity contribution in [3.05, 3.63) is 41.9 Å². The summed E-state index contributed by atoms with van der Waals surface area (Å²) in [4.78, 5) is 15.9. The van der Waals surface area contributed by atoms with Gasteiger partial charge in [0.15, 0.2) is 0 Å². The van der Waals surface area contributed by atoms with Gasteiger partial charge in [0.1, 0.15) is 0 Å². The molecule has 2 rings (SSSR count). The summed E-state index contributed by atoms with van der Waals surface area (Å²) in [5.74, 6) is 0.595. The number of hydrogen-bond acceptors (Lipinski definition) is 5. The molecule has 0 spiro atoms. The molecule has 2 aromatic rings. The average Bonchev–Trinajstić information content (AvgIpc) is 2.55. The summed E-state index contributed by atoms with van der Waals surface area (Å²) in [7, 11) is 1.58. The minimum absolute atomic E-state index is 0.595. The molecular formula is C16H28N4O. The summed E-state index contributed by atoms with van der Waals surface area (Å²) in [5.41, 5.74) is 2.76. The van der Waals surface area contributed by atoms with Gasteiger partial charge in [-0.1, -0.05) is 27.7 Å². The van der Waals surface area contributed by atoms with Crippen molar-refractivity contribution in [2.45, 2.75) is 48.5 Å². The average molecular weight is 292 g/mol. The highest BCUT2D eigenvalue weighted by Gasteiger charge is 1.94. The Kier molecular flexibility index (Phi) is 14.5. The molecular weight excluding hydrogens is 264 g/mol. The molecule has 2 aromatic heterocycles. The lowest BCUT2D eigenvalue weighted by molar-refractivity contribution is 0.391. The van der Waals surface area contributed by atoms with Gasteiger partial charge in [0.25, 0.3) is 0 Å². The van der Waals surface area contributed by atoms with Crippen LogP contribution >= 0.6 is 0 Å². The third-order valence-electron chi connectivity index (χ3n) is 1.94. The second-order valence-electron chi connectivity index (χ2n) is 3.45. The Bertz CT molecular complexity index is 437. The van der Waals surface area contributed by atoms with E-state index in [0.29, 0.717) is 5.88 Å². The number of hydrogen-bond donors (Lipinski definition) is 0. The first-order chi connectivity index (χ1) is 10.1. The molecule has 0 unspecified atom stereocenters. The predicted octanol–water partition coefficient (Wildman–Crippen LogP) is 3.94. The summed E-state index contributed by atoms with van der Waals surface area (Å²) in [6, 6.07) is 0. The van der Waals surface area contributed by atoms with Gasteiger partial charge in [-0.15, -0.1) is 0 Å². The Morgan fingerprint density at radius 3 is 1.43 bits per heavy atom. The van der Waals surface area contributed by atoms with Gasteiger partial charge in [0.05, 0.1) is 24.2 Å². The van der Waals surface area contributed by atoms with Gasteiger partial charge in [-0.2, -0.15) is 0 Å². The molecule has 0 saturated carbocycles. The number of methoxy groups -OCH3 is 1. The molecule has 0 bridgehead atoms.